The number of carbonyl (C=O) groups is 1. The number of sulfonamides is 1. The largest absolute Gasteiger partial charge is 0.369 e. The van der Waals surface area contributed by atoms with Crippen molar-refractivity contribution >= 4 is 21.7 Å². The van der Waals surface area contributed by atoms with E-state index < -0.39 is 10.0 Å². The van der Waals surface area contributed by atoms with E-state index in [9.17, 15) is 13.2 Å². The number of nitrogens with zero attached hydrogens (tertiary/aromatic N) is 1. The highest BCUT2D eigenvalue weighted by atomic mass is 32.2. The third kappa shape index (κ3) is 5.28. The van der Waals surface area contributed by atoms with Crippen molar-refractivity contribution in [2.24, 2.45) is 0 Å². The SMILES string of the molecule is O=C(N[C@@H]1Cc2ccc(S(=O)(=O)NCCNc3ccccn3)cc2C1)c1ccccc1. The molecular weight excluding hydrogens is 412 g/mol. The van der Waals surface area contributed by atoms with E-state index >= 15 is 0 Å². The fourth-order valence-corrected chi connectivity index (χ4v) is 4.73. The molecule has 1 heterocycles. The van der Waals surface area contributed by atoms with E-state index in [0.29, 0.717) is 30.8 Å². The van der Waals surface area contributed by atoms with Gasteiger partial charge in [-0.15, -0.1) is 0 Å². The topological polar surface area (TPSA) is 100 Å². The van der Waals surface area contributed by atoms with Gasteiger partial charge in [-0.1, -0.05) is 30.3 Å². The van der Waals surface area contributed by atoms with E-state index in [0.717, 1.165) is 11.1 Å². The number of fused-ring (bicyclic) bond motifs is 1. The average molecular weight is 437 g/mol. The second-order valence-electron chi connectivity index (χ2n) is 7.41. The smallest absolute Gasteiger partial charge is 0.251 e. The van der Waals surface area contributed by atoms with Crippen LogP contribution in [0.25, 0.3) is 0 Å². The molecule has 7 nitrogen and oxygen atoms in total. The van der Waals surface area contributed by atoms with Crippen molar-refractivity contribution in [3.8, 4) is 0 Å². The summed E-state index contributed by atoms with van der Waals surface area (Å²) in [4.78, 5) is 16.8. The van der Waals surface area contributed by atoms with Gasteiger partial charge in [0.1, 0.15) is 5.82 Å². The van der Waals surface area contributed by atoms with Gasteiger partial charge in [0.05, 0.1) is 4.90 Å². The Morgan fingerprint density at radius 3 is 2.48 bits per heavy atom. The number of hydrogen-bond donors (Lipinski definition) is 3. The Morgan fingerprint density at radius 1 is 0.935 bits per heavy atom. The lowest BCUT2D eigenvalue weighted by molar-refractivity contribution is 0.0938. The third-order valence-electron chi connectivity index (χ3n) is 5.18. The fourth-order valence-electron chi connectivity index (χ4n) is 3.65. The number of amides is 1. The summed E-state index contributed by atoms with van der Waals surface area (Å²) in [6.45, 7) is 0.667. The van der Waals surface area contributed by atoms with Gasteiger partial charge in [0, 0.05) is 30.9 Å². The van der Waals surface area contributed by atoms with Crippen LogP contribution in [0.1, 0.15) is 21.5 Å². The highest BCUT2D eigenvalue weighted by Gasteiger charge is 2.25. The van der Waals surface area contributed by atoms with E-state index in [1.165, 1.54) is 0 Å². The molecule has 1 amide bonds. The van der Waals surface area contributed by atoms with Crippen molar-refractivity contribution < 1.29 is 13.2 Å². The predicted octanol–water partition coefficient (Wildman–Crippen LogP) is 2.37. The summed E-state index contributed by atoms with van der Waals surface area (Å²) >= 11 is 0. The van der Waals surface area contributed by atoms with E-state index in [2.05, 4.69) is 20.3 Å². The van der Waals surface area contributed by atoms with Gasteiger partial charge >= 0.3 is 0 Å². The quantitative estimate of drug-likeness (QED) is 0.471. The summed E-state index contributed by atoms with van der Waals surface area (Å²) < 4.78 is 27.9. The van der Waals surface area contributed by atoms with Gasteiger partial charge in [0.2, 0.25) is 10.0 Å². The molecule has 3 aromatic rings. The Kier molecular flexibility index (Phi) is 6.29. The van der Waals surface area contributed by atoms with E-state index in [-0.39, 0.29) is 23.4 Å². The molecule has 2 aromatic carbocycles. The Balaban J connectivity index is 1.33. The van der Waals surface area contributed by atoms with Crippen LogP contribution in [0.15, 0.2) is 77.8 Å². The van der Waals surface area contributed by atoms with Crippen molar-refractivity contribution in [3.63, 3.8) is 0 Å². The molecule has 160 valence electrons. The maximum atomic E-state index is 12.7. The minimum atomic E-state index is -3.62. The molecule has 4 rings (SSSR count). The van der Waals surface area contributed by atoms with Crippen LogP contribution in [0.4, 0.5) is 5.82 Å². The number of pyridine rings is 1. The van der Waals surface area contributed by atoms with Crippen LogP contribution in [0.3, 0.4) is 0 Å². The zero-order chi connectivity index (χ0) is 21.7. The van der Waals surface area contributed by atoms with Gasteiger partial charge in [-0.2, -0.15) is 0 Å². The summed E-state index contributed by atoms with van der Waals surface area (Å²) in [5.41, 5.74) is 2.63. The first-order valence-corrected chi connectivity index (χ1v) is 11.6. The number of rotatable bonds is 8. The highest BCUT2D eigenvalue weighted by Crippen LogP contribution is 2.25. The van der Waals surface area contributed by atoms with Crippen LogP contribution >= 0.6 is 0 Å². The van der Waals surface area contributed by atoms with Crippen LogP contribution in [0.2, 0.25) is 0 Å². The summed E-state index contributed by atoms with van der Waals surface area (Å²) in [7, 11) is -3.62. The molecule has 1 atom stereocenters. The zero-order valence-electron chi connectivity index (χ0n) is 16.9. The minimum absolute atomic E-state index is 0.0452. The Hall–Kier alpha value is -3.23. The van der Waals surface area contributed by atoms with Gasteiger partial charge < -0.3 is 10.6 Å². The van der Waals surface area contributed by atoms with E-state index in [1.807, 2.05) is 42.5 Å². The van der Waals surface area contributed by atoms with Gasteiger partial charge in [-0.25, -0.2) is 18.1 Å². The second-order valence-corrected chi connectivity index (χ2v) is 9.18. The Labute approximate surface area is 182 Å². The molecule has 31 heavy (non-hydrogen) atoms. The average Bonchev–Trinajstić information content (AvgIpc) is 3.19. The lowest BCUT2D eigenvalue weighted by atomic mass is 10.1. The van der Waals surface area contributed by atoms with Crippen molar-refractivity contribution in [1.29, 1.82) is 0 Å². The summed E-state index contributed by atoms with van der Waals surface area (Å²) in [5.74, 6) is 0.580. The van der Waals surface area contributed by atoms with Crippen molar-refractivity contribution in [3.05, 3.63) is 89.6 Å². The maximum absolute atomic E-state index is 12.7. The first kappa shape index (κ1) is 21.0. The van der Waals surface area contributed by atoms with Gasteiger partial charge in [-0.3, -0.25) is 4.79 Å². The van der Waals surface area contributed by atoms with Gasteiger partial charge in [0.25, 0.3) is 5.91 Å². The second kappa shape index (κ2) is 9.28. The third-order valence-corrected chi connectivity index (χ3v) is 6.64. The molecule has 1 aromatic heterocycles. The molecule has 0 saturated carbocycles. The lowest BCUT2D eigenvalue weighted by Crippen LogP contribution is -2.35. The Morgan fingerprint density at radius 2 is 1.71 bits per heavy atom. The molecule has 0 bridgehead atoms. The molecule has 0 radical (unpaired) electrons. The lowest BCUT2D eigenvalue weighted by Gasteiger charge is -2.11. The van der Waals surface area contributed by atoms with Gasteiger partial charge in [0.15, 0.2) is 0 Å². The molecule has 1 aliphatic rings. The van der Waals surface area contributed by atoms with E-state index in [4.69, 9.17) is 0 Å². The van der Waals surface area contributed by atoms with Crippen molar-refractivity contribution in [2.75, 3.05) is 18.4 Å². The van der Waals surface area contributed by atoms with Crippen LogP contribution in [0.5, 0.6) is 0 Å². The molecule has 0 aliphatic heterocycles. The molecule has 0 fully saturated rings. The van der Waals surface area contributed by atoms with Gasteiger partial charge in [-0.05, 0) is 60.4 Å². The molecule has 8 heteroatoms. The normalized spacial score (nSPS) is 15.3. The predicted molar refractivity (Wildman–Crippen MR) is 119 cm³/mol. The molecule has 0 spiro atoms. The number of carbonyl (C=O) groups excluding carboxylic acids is 1. The molecular formula is C23H24N4O3S. The maximum Gasteiger partial charge on any atom is 0.251 e. The van der Waals surface area contributed by atoms with Crippen LogP contribution in [0, 0.1) is 0 Å². The monoisotopic (exact) mass is 436 g/mol. The number of benzene rings is 2. The van der Waals surface area contributed by atoms with Crippen molar-refractivity contribution in [1.82, 2.24) is 15.0 Å². The first-order valence-electron chi connectivity index (χ1n) is 10.1. The number of anilines is 1. The summed E-state index contributed by atoms with van der Waals surface area (Å²) in [6, 6.07) is 19.7. The minimum Gasteiger partial charge on any atom is -0.369 e. The molecule has 1 aliphatic carbocycles. The molecule has 3 N–H and O–H groups in total. The van der Waals surface area contributed by atoms with Crippen LogP contribution in [-0.4, -0.2) is 38.4 Å². The van der Waals surface area contributed by atoms with Crippen molar-refractivity contribution in [2.45, 2.75) is 23.8 Å². The number of hydrogen-bond acceptors (Lipinski definition) is 5. The standard InChI is InChI=1S/C23H24N4O3S/c28-23(17-6-2-1-3-7-17)27-20-14-18-9-10-21(16-19(18)15-20)31(29,30)26-13-12-25-22-8-4-5-11-24-22/h1-11,16,20,26H,12-15H2,(H,24,25)(H,27,28)/t20-/m1/s1. The first-order chi connectivity index (χ1) is 15.0. The number of aromatic nitrogens is 1. The summed E-state index contributed by atoms with van der Waals surface area (Å²) in [6.07, 6.45) is 2.97. The zero-order valence-corrected chi connectivity index (χ0v) is 17.7. The summed E-state index contributed by atoms with van der Waals surface area (Å²) in [5, 5.41) is 6.11. The highest BCUT2D eigenvalue weighted by molar-refractivity contribution is 7.89. The molecule has 0 unspecified atom stereocenters. The van der Waals surface area contributed by atoms with E-state index in [1.54, 1.807) is 30.5 Å². The molecule has 0 saturated heterocycles. The van der Waals surface area contributed by atoms with Crippen LogP contribution < -0.4 is 15.4 Å². The fraction of sp³-hybridized carbons (Fsp3) is 0.217. The van der Waals surface area contributed by atoms with Crippen LogP contribution in [-0.2, 0) is 22.9 Å². The Bertz CT molecular complexity index is 1150. The number of nitrogens with one attached hydrogen (secondary N) is 3.